The van der Waals surface area contributed by atoms with E-state index in [1.54, 1.807) is 11.3 Å². The predicted octanol–water partition coefficient (Wildman–Crippen LogP) is 2.91. The zero-order valence-corrected chi connectivity index (χ0v) is 10.9. The van der Waals surface area contributed by atoms with Crippen molar-refractivity contribution >= 4 is 26.7 Å². The number of para-hydroxylation sites is 1. The predicted molar refractivity (Wildman–Crippen MR) is 71.8 cm³/mol. The SMILES string of the molecule is CC1CN(c2nc3ccccc3s2)CC(C)O1. The summed E-state index contributed by atoms with van der Waals surface area (Å²) in [6.07, 6.45) is 0.566. The Balaban J connectivity index is 1.92. The van der Waals surface area contributed by atoms with E-state index >= 15 is 0 Å². The van der Waals surface area contributed by atoms with Crippen LogP contribution >= 0.6 is 11.3 Å². The molecule has 1 aliphatic heterocycles. The molecule has 1 aromatic heterocycles. The summed E-state index contributed by atoms with van der Waals surface area (Å²) >= 11 is 1.77. The molecule has 0 spiro atoms. The zero-order valence-electron chi connectivity index (χ0n) is 10.1. The van der Waals surface area contributed by atoms with E-state index in [4.69, 9.17) is 9.72 Å². The topological polar surface area (TPSA) is 25.4 Å². The summed E-state index contributed by atoms with van der Waals surface area (Å²) in [4.78, 5) is 7.03. The van der Waals surface area contributed by atoms with Crippen LogP contribution in [0.5, 0.6) is 0 Å². The summed E-state index contributed by atoms with van der Waals surface area (Å²) in [5.41, 5.74) is 1.10. The van der Waals surface area contributed by atoms with Crippen LogP contribution in [0.3, 0.4) is 0 Å². The molecule has 0 aliphatic carbocycles. The summed E-state index contributed by atoms with van der Waals surface area (Å²) in [5, 5.41) is 1.12. The average molecular weight is 248 g/mol. The molecule has 1 fully saturated rings. The van der Waals surface area contributed by atoms with Gasteiger partial charge in [-0.1, -0.05) is 23.5 Å². The van der Waals surface area contributed by atoms with Crippen LogP contribution in [0.1, 0.15) is 13.8 Å². The Kier molecular flexibility index (Phi) is 2.76. The van der Waals surface area contributed by atoms with Crippen LogP contribution in [-0.4, -0.2) is 30.3 Å². The molecule has 4 heteroatoms. The first-order chi connectivity index (χ1) is 8.22. The van der Waals surface area contributed by atoms with Crippen LogP contribution in [0.25, 0.3) is 10.2 Å². The molecule has 3 nitrogen and oxygen atoms in total. The van der Waals surface area contributed by atoms with E-state index in [0.717, 1.165) is 23.7 Å². The van der Waals surface area contributed by atoms with Crippen molar-refractivity contribution in [2.75, 3.05) is 18.0 Å². The lowest BCUT2D eigenvalue weighted by atomic mass is 10.2. The largest absolute Gasteiger partial charge is 0.372 e. The van der Waals surface area contributed by atoms with Gasteiger partial charge in [0.1, 0.15) is 0 Å². The average Bonchev–Trinajstić information content (AvgIpc) is 2.71. The second kappa shape index (κ2) is 4.27. The van der Waals surface area contributed by atoms with Crippen molar-refractivity contribution in [1.82, 2.24) is 4.98 Å². The second-order valence-corrected chi connectivity index (χ2v) is 5.64. The highest BCUT2D eigenvalue weighted by atomic mass is 32.1. The maximum atomic E-state index is 5.75. The third-order valence-corrected chi connectivity index (χ3v) is 4.07. The van der Waals surface area contributed by atoms with Gasteiger partial charge in [0, 0.05) is 13.1 Å². The Bertz CT molecular complexity index is 482. The number of morpholine rings is 1. The molecule has 0 saturated carbocycles. The molecule has 0 radical (unpaired) electrons. The number of ether oxygens (including phenoxy) is 1. The monoisotopic (exact) mass is 248 g/mol. The van der Waals surface area contributed by atoms with E-state index in [1.807, 2.05) is 6.07 Å². The molecule has 17 heavy (non-hydrogen) atoms. The molecule has 3 rings (SSSR count). The van der Waals surface area contributed by atoms with Crippen LogP contribution in [0.15, 0.2) is 24.3 Å². The van der Waals surface area contributed by atoms with Crippen LogP contribution in [0, 0.1) is 0 Å². The molecule has 1 saturated heterocycles. The fourth-order valence-electron chi connectivity index (χ4n) is 2.33. The molecule has 2 heterocycles. The van der Waals surface area contributed by atoms with Gasteiger partial charge in [0.25, 0.3) is 0 Å². The van der Waals surface area contributed by atoms with Crippen LogP contribution in [0.2, 0.25) is 0 Å². The van der Waals surface area contributed by atoms with Gasteiger partial charge >= 0.3 is 0 Å². The minimum absolute atomic E-state index is 0.283. The molecule has 2 unspecified atom stereocenters. The van der Waals surface area contributed by atoms with Crippen molar-refractivity contribution in [3.8, 4) is 0 Å². The van der Waals surface area contributed by atoms with E-state index in [-0.39, 0.29) is 12.2 Å². The summed E-state index contributed by atoms with van der Waals surface area (Å²) in [6, 6.07) is 8.30. The Hall–Kier alpha value is -1.13. The number of rotatable bonds is 1. The highest BCUT2D eigenvalue weighted by Gasteiger charge is 2.24. The number of hydrogen-bond acceptors (Lipinski definition) is 4. The molecule has 0 bridgehead atoms. The lowest BCUT2D eigenvalue weighted by molar-refractivity contribution is -0.00521. The Morgan fingerprint density at radius 1 is 1.24 bits per heavy atom. The van der Waals surface area contributed by atoms with Crippen molar-refractivity contribution in [2.45, 2.75) is 26.1 Å². The fourth-order valence-corrected chi connectivity index (χ4v) is 3.31. The number of hydrogen-bond donors (Lipinski definition) is 0. The molecule has 1 aliphatic rings. The van der Waals surface area contributed by atoms with Crippen molar-refractivity contribution in [1.29, 1.82) is 0 Å². The van der Waals surface area contributed by atoms with Gasteiger partial charge in [-0.2, -0.15) is 0 Å². The van der Waals surface area contributed by atoms with Gasteiger partial charge in [0.15, 0.2) is 5.13 Å². The van der Waals surface area contributed by atoms with Gasteiger partial charge in [0.05, 0.1) is 22.4 Å². The van der Waals surface area contributed by atoms with Crippen molar-refractivity contribution < 1.29 is 4.74 Å². The summed E-state index contributed by atoms with van der Waals surface area (Å²) < 4.78 is 7.01. The Morgan fingerprint density at radius 3 is 2.65 bits per heavy atom. The van der Waals surface area contributed by atoms with Gasteiger partial charge in [-0.05, 0) is 26.0 Å². The first-order valence-corrected chi connectivity index (χ1v) is 6.80. The van der Waals surface area contributed by atoms with E-state index in [2.05, 4.69) is 36.9 Å². The molecule has 90 valence electrons. The second-order valence-electron chi connectivity index (χ2n) is 4.63. The minimum atomic E-state index is 0.283. The molecule has 1 aromatic carbocycles. The highest BCUT2D eigenvalue weighted by Crippen LogP contribution is 2.30. The van der Waals surface area contributed by atoms with Crippen molar-refractivity contribution in [2.24, 2.45) is 0 Å². The molecule has 0 N–H and O–H groups in total. The maximum absolute atomic E-state index is 5.75. The number of aromatic nitrogens is 1. The van der Waals surface area contributed by atoms with E-state index in [9.17, 15) is 0 Å². The summed E-state index contributed by atoms with van der Waals surface area (Å²) in [6.45, 7) is 6.11. The first kappa shape index (κ1) is 11.0. The van der Waals surface area contributed by atoms with E-state index in [0.29, 0.717) is 0 Å². The van der Waals surface area contributed by atoms with Crippen LogP contribution in [0.4, 0.5) is 5.13 Å². The van der Waals surface area contributed by atoms with Gasteiger partial charge in [-0.15, -0.1) is 0 Å². The molecule has 2 atom stereocenters. The number of fused-ring (bicyclic) bond motifs is 1. The molecule has 0 amide bonds. The Labute approximate surface area is 105 Å². The maximum Gasteiger partial charge on any atom is 0.186 e. The van der Waals surface area contributed by atoms with Gasteiger partial charge in [-0.25, -0.2) is 4.98 Å². The van der Waals surface area contributed by atoms with E-state index in [1.165, 1.54) is 4.70 Å². The first-order valence-electron chi connectivity index (χ1n) is 5.98. The minimum Gasteiger partial charge on any atom is -0.372 e. The third-order valence-electron chi connectivity index (χ3n) is 2.97. The number of benzene rings is 1. The molecular formula is C13H16N2OS. The Morgan fingerprint density at radius 2 is 1.94 bits per heavy atom. The lowest BCUT2D eigenvalue weighted by Gasteiger charge is -2.35. The normalized spacial score (nSPS) is 25.4. The standard InChI is InChI=1S/C13H16N2OS/c1-9-7-15(8-10(2)16-9)13-14-11-5-3-4-6-12(11)17-13/h3-6,9-10H,7-8H2,1-2H3. The number of thiazole rings is 1. The van der Waals surface area contributed by atoms with Gasteiger partial charge < -0.3 is 9.64 Å². The van der Waals surface area contributed by atoms with Crippen molar-refractivity contribution in [3.05, 3.63) is 24.3 Å². The highest BCUT2D eigenvalue weighted by molar-refractivity contribution is 7.22. The smallest absolute Gasteiger partial charge is 0.186 e. The number of nitrogens with zero attached hydrogens (tertiary/aromatic N) is 2. The van der Waals surface area contributed by atoms with Crippen molar-refractivity contribution in [3.63, 3.8) is 0 Å². The van der Waals surface area contributed by atoms with Crippen LogP contribution < -0.4 is 4.90 Å². The quantitative estimate of drug-likeness (QED) is 0.776. The summed E-state index contributed by atoms with van der Waals surface area (Å²) in [7, 11) is 0. The van der Waals surface area contributed by atoms with Gasteiger partial charge in [0.2, 0.25) is 0 Å². The number of anilines is 1. The lowest BCUT2D eigenvalue weighted by Crippen LogP contribution is -2.45. The molecular weight excluding hydrogens is 232 g/mol. The molecule has 2 aromatic rings. The van der Waals surface area contributed by atoms with E-state index < -0.39 is 0 Å². The fraction of sp³-hybridized carbons (Fsp3) is 0.462. The van der Waals surface area contributed by atoms with Crippen LogP contribution in [-0.2, 0) is 4.74 Å². The van der Waals surface area contributed by atoms with Gasteiger partial charge in [-0.3, -0.25) is 0 Å². The summed E-state index contributed by atoms with van der Waals surface area (Å²) in [5.74, 6) is 0. The third kappa shape index (κ3) is 2.15. The zero-order chi connectivity index (χ0) is 11.8.